The monoisotopic (exact) mass is 474 g/mol. The first-order valence-electron chi connectivity index (χ1n) is 10.6. The summed E-state index contributed by atoms with van der Waals surface area (Å²) in [5.41, 5.74) is 4.53. The van der Waals surface area contributed by atoms with Crippen molar-refractivity contribution < 1.29 is 26.4 Å². The fraction of sp³-hybridized carbons (Fsp3) is 0.619. The fourth-order valence-electron chi connectivity index (χ4n) is 3.31. The molecule has 1 fully saturated rings. The van der Waals surface area contributed by atoms with E-state index in [1.807, 2.05) is 0 Å². The van der Waals surface area contributed by atoms with Crippen LogP contribution >= 0.6 is 0 Å². The second-order valence-electron chi connectivity index (χ2n) is 7.65. The standard InChI is InChI=1S/C21H29F3N4O3S/c1-2-3-4-5-6-8-17(20(25)29)16-32(30,31)28-12-7-11-27(13-14-28)19-10-9-18(15-26-19)21(22,23)24/h9-10,15,17H,2-5,7,11-14,16H2,1H3,(H2,25,29). The first-order chi connectivity index (χ1) is 15.0. The number of halogens is 3. The van der Waals surface area contributed by atoms with Crippen LogP contribution in [0.15, 0.2) is 18.3 Å². The number of carbonyl (C=O) groups is 1. The van der Waals surface area contributed by atoms with Gasteiger partial charge in [-0.3, -0.25) is 4.79 Å². The number of nitrogens with zero attached hydrogens (tertiary/aromatic N) is 3. The van der Waals surface area contributed by atoms with E-state index in [1.165, 1.54) is 10.4 Å². The molecule has 0 aliphatic carbocycles. The van der Waals surface area contributed by atoms with Crippen molar-refractivity contribution in [2.24, 2.45) is 11.7 Å². The van der Waals surface area contributed by atoms with Gasteiger partial charge in [0.25, 0.3) is 0 Å². The maximum atomic E-state index is 12.9. The summed E-state index contributed by atoms with van der Waals surface area (Å²) < 4.78 is 65.2. The number of amides is 1. The molecule has 1 atom stereocenters. The topological polar surface area (TPSA) is 96.6 Å². The molecule has 178 valence electrons. The summed E-state index contributed by atoms with van der Waals surface area (Å²) in [6.45, 7) is 3.12. The van der Waals surface area contributed by atoms with E-state index in [2.05, 4.69) is 23.7 Å². The predicted octanol–water partition coefficient (Wildman–Crippen LogP) is 2.63. The zero-order valence-corrected chi connectivity index (χ0v) is 18.9. The third-order valence-electron chi connectivity index (χ3n) is 5.15. The van der Waals surface area contributed by atoms with E-state index < -0.39 is 39.3 Å². The Morgan fingerprint density at radius 1 is 1.22 bits per heavy atom. The van der Waals surface area contributed by atoms with Crippen molar-refractivity contribution >= 4 is 21.7 Å². The molecule has 32 heavy (non-hydrogen) atoms. The van der Waals surface area contributed by atoms with Gasteiger partial charge >= 0.3 is 6.18 Å². The maximum absolute atomic E-state index is 12.9. The number of alkyl halides is 3. The molecule has 7 nitrogen and oxygen atoms in total. The lowest BCUT2D eigenvalue weighted by atomic mass is 10.1. The minimum absolute atomic E-state index is 0.125. The van der Waals surface area contributed by atoms with Crippen LogP contribution in [0.1, 0.15) is 44.6 Å². The summed E-state index contributed by atoms with van der Waals surface area (Å²) in [5.74, 6) is 3.56. The van der Waals surface area contributed by atoms with E-state index >= 15 is 0 Å². The second kappa shape index (κ2) is 11.5. The van der Waals surface area contributed by atoms with Crippen LogP contribution in [0.4, 0.5) is 19.0 Å². The number of anilines is 1. The van der Waals surface area contributed by atoms with Crippen LogP contribution in [0.2, 0.25) is 0 Å². The highest BCUT2D eigenvalue weighted by Crippen LogP contribution is 2.29. The summed E-state index contributed by atoms with van der Waals surface area (Å²) in [6, 6.07) is 2.24. The summed E-state index contributed by atoms with van der Waals surface area (Å²) in [6.07, 6.45) is 0.260. The Balaban J connectivity index is 2.02. The van der Waals surface area contributed by atoms with Crippen LogP contribution in [-0.4, -0.2) is 55.5 Å². The third kappa shape index (κ3) is 7.67. The largest absolute Gasteiger partial charge is 0.417 e. The zero-order valence-electron chi connectivity index (χ0n) is 18.1. The average Bonchev–Trinajstić information content (AvgIpc) is 2.99. The molecule has 0 bridgehead atoms. The lowest BCUT2D eigenvalue weighted by Gasteiger charge is -2.23. The Labute approximate surface area is 187 Å². The van der Waals surface area contributed by atoms with Crippen molar-refractivity contribution in [2.45, 2.75) is 45.2 Å². The molecule has 1 aromatic heterocycles. The lowest BCUT2D eigenvalue weighted by molar-refractivity contribution is -0.137. The van der Waals surface area contributed by atoms with Gasteiger partial charge in [-0.2, -0.15) is 13.2 Å². The second-order valence-corrected chi connectivity index (χ2v) is 9.67. The molecule has 1 aliphatic heterocycles. The summed E-state index contributed by atoms with van der Waals surface area (Å²) >= 11 is 0. The number of unbranched alkanes of at least 4 members (excludes halogenated alkanes) is 3. The average molecular weight is 475 g/mol. The van der Waals surface area contributed by atoms with Gasteiger partial charge < -0.3 is 10.6 Å². The number of nitrogens with two attached hydrogens (primary N) is 1. The molecule has 1 saturated heterocycles. The van der Waals surface area contributed by atoms with E-state index in [9.17, 15) is 26.4 Å². The van der Waals surface area contributed by atoms with Crippen molar-refractivity contribution in [2.75, 3.05) is 36.8 Å². The van der Waals surface area contributed by atoms with Gasteiger partial charge in [-0.1, -0.05) is 25.7 Å². The quantitative estimate of drug-likeness (QED) is 0.462. The number of hydrogen-bond donors (Lipinski definition) is 1. The highest BCUT2D eigenvalue weighted by Gasteiger charge is 2.32. The smallest absolute Gasteiger partial charge is 0.369 e. The molecule has 11 heteroatoms. The molecule has 1 aromatic rings. The molecule has 1 amide bonds. The number of aromatic nitrogens is 1. The van der Waals surface area contributed by atoms with Crippen molar-refractivity contribution in [1.29, 1.82) is 0 Å². The third-order valence-corrected chi connectivity index (χ3v) is 7.06. The van der Waals surface area contributed by atoms with Crippen molar-refractivity contribution in [3.63, 3.8) is 0 Å². The summed E-state index contributed by atoms with van der Waals surface area (Å²) in [4.78, 5) is 17.4. The van der Waals surface area contributed by atoms with Gasteiger partial charge in [0, 0.05) is 38.8 Å². The van der Waals surface area contributed by atoms with Gasteiger partial charge in [0.15, 0.2) is 0 Å². The van der Waals surface area contributed by atoms with E-state index in [0.29, 0.717) is 25.2 Å². The molecule has 1 aliphatic rings. The Bertz CT molecular complexity index is 924. The molecule has 1 unspecified atom stereocenters. The number of hydrogen-bond acceptors (Lipinski definition) is 5. The van der Waals surface area contributed by atoms with Crippen LogP contribution in [0, 0.1) is 17.8 Å². The molecule has 0 saturated carbocycles. The van der Waals surface area contributed by atoms with Gasteiger partial charge in [-0.25, -0.2) is 17.7 Å². The number of primary amides is 1. The van der Waals surface area contributed by atoms with E-state index in [0.717, 1.165) is 31.5 Å². The highest BCUT2D eigenvalue weighted by molar-refractivity contribution is 7.89. The molecule has 0 spiro atoms. The van der Waals surface area contributed by atoms with Gasteiger partial charge in [0.05, 0.1) is 11.3 Å². The minimum atomic E-state index is -4.47. The van der Waals surface area contributed by atoms with Crippen molar-refractivity contribution in [1.82, 2.24) is 9.29 Å². The Morgan fingerprint density at radius 2 is 1.97 bits per heavy atom. The van der Waals surface area contributed by atoms with Crippen LogP contribution in [0.3, 0.4) is 0 Å². The van der Waals surface area contributed by atoms with Crippen molar-refractivity contribution in [3.8, 4) is 11.8 Å². The zero-order chi connectivity index (χ0) is 23.8. The number of sulfonamides is 1. The predicted molar refractivity (Wildman–Crippen MR) is 116 cm³/mol. The molecular formula is C21H29F3N4O3S. The van der Waals surface area contributed by atoms with Crippen LogP contribution in [0.25, 0.3) is 0 Å². The van der Waals surface area contributed by atoms with Crippen molar-refractivity contribution in [3.05, 3.63) is 23.9 Å². The maximum Gasteiger partial charge on any atom is 0.417 e. The Hall–Kier alpha value is -2.32. The molecule has 0 aromatic carbocycles. The normalized spacial score (nSPS) is 16.7. The molecule has 0 radical (unpaired) electrons. The van der Waals surface area contributed by atoms with Gasteiger partial charge in [0.2, 0.25) is 15.9 Å². The van der Waals surface area contributed by atoms with E-state index in [1.54, 1.807) is 4.90 Å². The first-order valence-corrected chi connectivity index (χ1v) is 12.2. The lowest BCUT2D eigenvalue weighted by Crippen LogP contribution is -2.40. The molecular weight excluding hydrogens is 445 g/mol. The van der Waals surface area contributed by atoms with E-state index in [4.69, 9.17) is 5.73 Å². The fourth-order valence-corrected chi connectivity index (χ4v) is 4.96. The highest BCUT2D eigenvalue weighted by atomic mass is 32.2. The van der Waals surface area contributed by atoms with Gasteiger partial charge in [-0.15, -0.1) is 5.92 Å². The molecule has 2 N–H and O–H groups in total. The minimum Gasteiger partial charge on any atom is -0.369 e. The molecule has 2 rings (SSSR count). The number of pyridine rings is 1. The number of rotatable bonds is 8. The van der Waals surface area contributed by atoms with Crippen LogP contribution < -0.4 is 10.6 Å². The Kier molecular flexibility index (Phi) is 9.33. The SMILES string of the molecule is CCCCCC#CC(CS(=O)(=O)N1CCCN(c2ccc(C(F)(F)F)cn2)CC1)C(N)=O. The first kappa shape index (κ1) is 25.9. The van der Waals surface area contributed by atoms with E-state index in [-0.39, 0.29) is 19.6 Å². The summed E-state index contributed by atoms with van der Waals surface area (Å²) in [7, 11) is -3.80. The van der Waals surface area contributed by atoms with Crippen LogP contribution in [-0.2, 0) is 21.0 Å². The Morgan fingerprint density at radius 3 is 2.56 bits per heavy atom. The van der Waals surface area contributed by atoms with Gasteiger partial charge in [0.1, 0.15) is 11.7 Å². The molecule has 2 heterocycles. The summed E-state index contributed by atoms with van der Waals surface area (Å²) in [5, 5.41) is 0. The number of carbonyl (C=O) groups excluding carboxylic acids is 1. The van der Waals surface area contributed by atoms with Crippen LogP contribution in [0.5, 0.6) is 0 Å². The van der Waals surface area contributed by atoms with Gasteiger partial charge in [-0.05, 0) is 25.0 Å².